The zero-order valence-electron chi connectivity index (χ0n) is 12.8. The molecule has 22 heavy (non-hydrogen) atoms. The lowest BCUT2D eigenvalue weighted by Crippen LogP contribution is -2.26. The maximum atomic E-state index is 12.2. The SMILES string of the molecule is Cn1cnc2nc(N3CCC(CC4CCOC4)C3)[nH]c(=O)c21. The summed E-state index contributed by atoms with van der Waals surface area (Å²) in [6.45, 7) is 3.72. The van der Waals surface area contributed by atoms with E-state index in [1.165, 1.54) is 12.8 Å². The number of nitrogens with zero attached hydrogens (tertiary/aromatic N) is 4. The molecule has 0 aliphatic carbocycles. The Labute approximate surface area is 128 Å². The lowest BCUT2D eigenvalue weighted by molar-refractivity contribution is 0.180. The number of ether oxygens (including phenoxy) is 1. The first-order valence-corrected chi connectivity index (χ1v) is 7.95. The average molecular weight is 303 g/mol. The molecule has 2 aromatic heterocycles. The van der Waals surface area contributed by atoms with Crippen LogP contribution >= 0.6 is 0 Å². The summed E-state index contributed by atoms with van der Waals surface area (Å²) < 4.78 is 7.17. The van der Waals surface area contributed by atoms with Crippen molar-refractivity contribution in [3.8, 4) is 0 Å². The van der Waals surface area contributed by atoms with Crippen molar-refractivity contribution in [2.75, 3.05) is 31.2 Å². The molecule has 2 fully saturated rings. The number of nitrogens with one attached hydrogen (secondary N) is 1. The van der Waals surface area contributed by atoms with Gasteiger partial charge in [-0.15, -0.1) is 0 Å². The van der Waals surface area contributed by atoms with E-state index < -0.39 is 0 Å². The van der Waals surface area contributed by atoms with Gasteiger partial charge in [0.05, 0.1) is 6.33 Å². The Bertz CT molecular complexity index is 731. The van der Waals surface area contributed by atoms with Gasteiger partial charge in [-0.25, -0.2) is 4.98 Å². The van der Waals surface area contributed by atoms with E-state index in [4.69, 9.17) is 4.74 Å². The molecule has 7 heteroatoms. The minimum atomic E-state index is -0.118. The van der Waals surface area contributed by atoms with E-state index >= 15 is 0 Å². The van der Waals surface area contributed by atoms with Crippen LogP contribution in [0, 0.1) is 11.8 Å². The molecular weight excluding hydrogens is 282 g/mol. The van der Waals surface area contributed by atoms with E-state index in [-0.39, 0.29) is 5.56 Å². The molecule has 4 rings (SSSR count). The van der Waals surface area contributed by atoms with Crippen LogP contribution in [-0.2, 0) is 11.8 Å². The van der Waals surface area contributed by atoms with Crippen molar-refractivity contribution >= 4 is 17.1 Å². The Morgan fingerprint density at radius 2 is 2.32 bits per heavy atom. The molecule has 0 saturated carbocycles. The summed E-state index contributed by atoms with van der Waals surface area (Å²) in [5.41, 5.74) is 0.934. The van der Waals surface area contributed by atoms with Crippen LogP contribution in [0.15, 0.2) is 11.1 Å². The van der Waals surface area contributed by atoms with Gasteiger partial charge in [0.25, 0.3) is 5.56 Å². The predicted octanol–water partition coefficient (Wildman–Crippen LogP) is 0.909. The summed E-state index contributed by atoms with van der Waals surface area (Å²) in [6, 6.07) is 0. The number of hydrogen-bond acceptors (Lipinski definition) is 5. The molecule has 0 bridgehead atoms. The van der Waals surface area contributed by atoms with Crippen molar-refractivity contribution in [2.45, 2.75) is 19.3 Å². The third-order valence-electron chi connectivity index (χ3n) is 4.85. The van der Waals surface area contributed by atoms with Crippen molar-refractivity contribution in [1.82, 2.24) is 19.5 Å². The van der Waals surface area contributed by atoms with E-state index in [0.29, 0.717) is 28.9 Å². The number of imidazole rings is 1. The normalized spacial score (nSPS) is 25.4. The highest BCUT2D eigenvalue weighted by molar-refractivity contribution is 5.70. The van der Waals surface area contributed by atoms with Crippen LogP contribution in [0.5, 0.6) is 0 Å². The molecule has 0 aromatic carbocycles. The summed E-state index contributed by atoms with van der Waals surface area (Å²) >= 11 is 0. The molecule has 4 heterocycles. The number of aromatic amines is 1. The van der Waals surface area contributed by atoms with Gasteiger partial charge in [-0.3, -0.25) is 9.78 Å². The van der Waals surface area contributed by atoms with Gasteiger partial charge in [0.15, 0.2) is 11.2 Å². The van der Waals surface area contributed by atoms with Gasteiger partial charge in [0.1, 0.15) is 0 Å². The topological polar surface area (TPSA) is 76.0 Å². The fraction of sp³-hybridized carbons (Fsp3) is 0.667. The maximum absolute atomic E-state index is 12.2. The summed E-state index contributed by atoms with van der Waals surface area (Å²) in [4.78, 5) is 26.0. The van der Waals surface area contributed by atoms with Crippen molar-refractivity contribution in [3.63, 3.8) is 0 Å². The van der Waals surface area contributed by atoms with Crippen molar-refractivity contribution < 1.29 is 4.74 Å². The number of anilines is 1. The molecule has 2 atom stereocenters. The van der Waals surface area contributed by atoms with Crippen molar-refractivity contribution in [2.24, 2.45) is 18.9 Å². The second kappa shape index (κ2) is 5.39. The Balaban J connectivity index is 1.51. The van der Waals surface area contributed by atoms with Gasteiger partial charge in [-0.2, -0.15) is 4.98 Å². The number of fused-ring (bicyclic) bond motifs is 1. The Morgan fingerprint density at radius 3 is 3.14 bits per heavy atom. The number of aromatic nitrogens is 4. The lowest BCUT2D eigenvalue weighted by atomic mass is 9.93. The van der Waals surface area contributed by atoms with Crippen LogP contribution in [0.3, 0.4) is 0 Å². The highest BCUT2D eigenvalue weighted by atomic mass is 16.5. The number of aryl methyl sites for hydroxylation is 1. The number of H-pyrrole nitrogens is 1. The molecular formula is C15H21N5O2. The zero-order valence-corrected chi connectivity index (χ0v) is 12.8. The van der Waals surface area contributed by atoms with Crippen molar-refractivity contribution in [1.29, 1.82) is 0 Å². The molecule has 7 nitrogen and oxygen atoms in total. The largest absolute Gasteiger partial charge is 0.381 e. The molecule has 0 amide bonds. The average Bonchev–Trinajstić information content (AvgIpc) is 3.21. The van der Waals surface area contributed by atoms with Crippen LogP contribution in [-0.4, -0.2) is 45.8 Å². The zero-order chi connectivity index (χ0) is 15.1. The van der Waals surface area contributed by atoms with E-state index in [9.17, 15) is 4.79 Å². The quantitative estimate of drug-likeness (QED) is 0.912. The molecule has 2 aliphatic heterocycles. The van der Waals surface area contributed by atoms with E-state index in [1.807, 2.05) is 7.05 Å². The summed E-state index contributed by atoms with van der Waals surface area (Å²) in [6.07, 6.45) is 5.18. The summed E-state index contributed by atoms with van der Waals surface area (Å²) in [5, 5.41) is 0. The number of rotatable bonds is 3. The van der Waals surface area contributed by atoms with Crippen LogP contribution in [0.4, 0.5) is 5.95 Å². The lowest BCUT2D eigenvalue weighted by Gasteiger charge is -2.18. The molecule has 118 valence electrons. The van der Waals surface area contributed by atoms with Gasteiger partial charge in [0.2, 0.25) is 5.95 Å². The molecule has 2 unspecified atom stereocenters. The number of hydrogen-bond donors (Lipinski definition) is 1. The van der Waals surface area contributed by atoms with Crippen LogP contribution < -0.4 is 10.5 Å². The van der Waals surface area contributed by atoms with Crippen LogP contribution in [0.2, 0.25) is 0 Å². The second-order valence-corrected chi connectivity index (χ2v) is 6.48. The monoisotopic (exact) mass is 303 g/mol. The third kappa shape index (κ3) is 2.39. The minimum Gasteiger partial charge on any atom is -0.381 e. The minimum absolute atomic E-state index is 0.118. The fourth-order valence-electron chi connectivity index (χ4n) is 3.66. The van der Waals surface area contributed by atoms with Crippen molar-refractivity contribution in [3.05, 3.63) is 16.7 Å². The van der Waals surface area contributed by atoms with E-state index in [2.05, 4.69) is 19.9 Å². The molecule has 0 radical (unpaired) electrons. The second-order valence-electron chi connectivity index (χ2n) is 6.48. The Hall–Kier alpha value is -1.89. The molecule has 1 N–H and O–H groups in total. The van der Waals surface area contributed by atoms with Gasteiger partial charge in [-0.05, 0) is 31.1 Å². The van der Waals surface area contributed by atoms with E-state index in [0.717, 1.165) is 32.7 Å². The first kappa shape index (κ1) is 13.8. The van der Waals surface area contributed by atoms with Crippen LogP contribution in [0.1, 0.15) is 19.3 Å². The highest BCUT2D eigenvalue weighted by Crippen LogP contribution is 2.29. The maximum Gasteiger partial charge on any atom is 0.278 e. The van der Waals surface area contributed by atoms with Gasteiger partial charge >= 0.3 is 0 Å². The molecule has 2 aliphatic rings. The highest BCUT2D eigenvalue weighted by Gasteiger charge is 2.28. The first-order valence-electron chi connectivity index (χ1n) is 7.95. The molecule has 2 saturated heterocycles. The van der Waals surface area contributed by atoms with Crippen LogP contribution in [0.25, 0.3) is 11.2 Å². The predicted molar refractivity (Wildman–Crippen MR) is 83.0 cm³/mol. The molecule has 0 spiro atoms. The Morgan fingerprint density at radius 1 is 1.41 bits per heavy atom. The molecule has 2 aromatic rings. The first-order chi connectivity index (χ1) is 10.7. The Kier molecular flexibility index (Phi) is 3.37. The smallest absolute Gasteiger partial charge is 0.278 e. The third-order valence-corrected chi connectivity index (χ3v) is 4.85. The van der Waals surface area contributed by atoms with Gasteiger partial charge < -0.3 is 14.2 Å². The standard InChI is InChI=1S/C15H21N5O2/c1-19-9-16-13-12(19)14(21)18-15(17-13)20-4-2-10(7-20)6-11-3-5-22-8-11/h9-11H,2-8H2,1H3,(H,17,18,21). The summed E-state index contributed by atoms with van der Waals surface area (Å²) in [7, 11) is 1.81. The van der Waals surface area contributed by atoms with Gasteiger partial charge in [-0.1, -0.05) is 0 Å². The summed E-state index contributed by atoms with van der Waals surface area (Å²) in [5.74, 6) is 2.02. The fourth-order valence-corrected chi connectivity index (χ4v) is 3.66. The van der Waals surface area contributed by atoms with Gasteiger partial charge in [0, 0.05) is 33.4 Å². The van der Waals surface area contributed by atoms with E-state index in [1.54, 1.807) is 10.9 Å².